The summed E-state index contributed by atoms with van der Waals surface area (Å²) in [4.78, 5) is -0.710. The Morgan fingerprint density at radius 2 is 1.00 bits per heavy atom. The van der Waals surface area contributed by atoms with Gasteiger partial charge in [0.15, 0.2) is 0 Å². The van der Waals surface area contributed by atoms with Gasteiger partial charge in [0.05, 0.1) is 9.79 Å². The molecule has 0 saturated heterocycles. The van der Waals surface area contributed by atoms with Crippen LogP contribution in [0.5, 0.6) is 0 Å². The first-order valence-electron chi connectivity index (χ1n) is 6.42. The maximum absolute atomic E-state index is 12.3. The molecular formula is C13H11Cl2O7PS2. The molecule has 12 heteroatoms. The maximum atomic E-state index is 12.3. The predicted molar refractivity (Wildman–Crippen MR) is 93.0 cm³/mol. The van der Waals surface area contributed by atoms with E-state index < -0.39 is 27.8 Å². The van der Waals surface area contributed by atoms with Gasteiger partial charge in [-0.25, -0.2) is 0 Å². The first kappa shape index (κ1) is 20.4. The van der Waals surface area contributed by atoms with Crippen molar-refractivity contribution in [2.24, 2.45) is 0 Å². The minimum atomic E-state index is -4.53. The van der Waals surface area contributed by atoms with E-state index in [9.17, 15) is 21.4 Å². The van der Waals surface area contributed by atoms with Gasteiger partial charge in [-0.15, -0.1) is 0 Å². The molecule has 2 rings (SSSR count). The van der Waals surface area contributed by atoms with Crippen LogP contribution in [0.15, 0.2) is 58.3 Å². The van der Waals surface area contributed by atoms with Crippen molar-refractivity contribution >= 4 is 51.0 Å². The van der Waals surface area contributed by atoms with Gasteiger partial charge in [-0.2, -0.15) is 24.8 Å². The Balaban J connectivity index is 2.25. The molecule has 0 fully saturated rings. The van der Waals surface area contributed by atoms with Crippen LogP contribution in [0.2, 0.25) is 10.0 Å². The highest BCUT2D eigenvalue weighted by atomic mass is 35.5. The van der Waals surface area contributed by atoms with E-state index in [2.05, 4.69) is 7.94 Å². The average molecular weight is 445 g/mol. The molecule has 2 aromatic rings. The fourth-order valence-electron chi connectivity index (χ4n) is 1.66. The zero-order chi connectivity index (χ0) is 18.9. The second kappa shape index (κ2) is 7.36. The molecule has 0 heterocycles. The van der Waals surface area contributed by atoms with E-state index in [0.29, 0.717) is 0 Å². The van der Waals surface area contributed by atoms with Crippen LogP contribution in [0.4, 0.5) is 0 Å². The summed E-state index contributed by atoms with van der Waals surface area (Å²) >= 11 is 11.3. The maximum Gasteiger partial charge on any atom is 0.357 e. The fourth-order valence-corrected chi connectivity index (χ4v) is 6.71. The van der Waals surface area contributed by atoms with Gasteiger partial charge in [-0.1, -0.05) is 23.2 Å². The van der Waals surface area contributed by atoms with Crippen LogP contribution >= 0.6 is 30.8 Å². The van der Waals surface area contributed by atoms with E-state index in [1.807, 2.05) is 0 Å². The van der Waals surface area contributed by atoms with Crippen molar-refractivity contribution in [1.82, 2.24) is 0 Å². The fraction of sp³-hybridized carbons (Fsp3) is 0.0769. The summed E-state index contributed by atoms with van der Waals surface area (Å²) in [6.07, 6.45) is 0. The van der Waals surface area contributed by atoms with E-state index in [-0.39, 0.29) is 19.8 Å². The first-order chi connectivity index (χ1) is 11.4. The normalized spacial score (nSPS) is 12.9. The van der Waals surface area contributed by atoms with Gasteiger partial charge >= 0.3 is 27.8 Å². The molecule has 2 aromatic carbocycles. The molecule has 0 spiro atoms. The smallest absolute Gasteiger partial charge is 0.258 e. The summed E-state index contributed by atoms with van der Waals surface area (Å²) in [5, 5.41) is 0.556. The zero-order valence-corrected chi connectivity index (χ0v) is 16.5. The van der Waals surface area contributed by atoms with Crippen LogP contribution in [-0.2, 0) is 32.7 Å². The molecule has 0 aliphatic heterocycles. The second-order valence-corrected chi connectivity index (χ2v) is 11.1. The van der Waals surface area contributed by atoms with Crippen molar-refractivity contribution in [1.29, 1.82) is 0 Å². The van der Waals surface area contributed by atoms with Crippen molar-refractivity contribution in [3.05, 3.63) is 58.6 Å². The lowest BCUT2D eigenvalue weighted by atomic mass is 10.4. The Kier molecular flexibility index (Phi) is 6.00. The van der Waals surface area contributed by atoms with Gasteiger partial charge in [-0.05, 0) is 48.5 Å². The Labute approximate surface area is 155 Å². The van der Waals surface area contributed by atoms with Crippen LogP contribution in [0, 0.1) is 0 Å². The lowest BCUT2D eigenvalue weighted by molar-refractivity contribution is 0.386. The lowest BCUT2D eigenvalue weighted by Crippen LogP contribution is -2.10. The third kappa shape index (κ3) is 5.52. The van der Waals surface area contributed by atoms with Gasteiger partial charge in [0.2, 0.25) is 0 Å². The molecule has 7 nitrogen and oxygen atoms in total. The minimum absolute atomic E-state index is 0.278. The highest BCUT2D eigenvalue weighted by molar-refractivity contribution is 7.95. The van der Waals surface area contributed by atoms with Crippen molar-refractivity contribution in [3.63, 3.8) is 0 Å². The van der Waals surface area contributed by atoms with Gasteiger partial charge in [0.1, 0.15) is 0 Å². The first-order valence-corrected chi connectivity index (χ1v) is 12.0. The van der Waals surface area contributed by atoms with Crippen molar-refractivity contribution in [3.8, 4) is 0 Å². The monoisotopic (exact) mass is 444 g/mol. The van der Waals surface area contributed by atoms with Crippen LogP contribution < -0.4 is 0 Å². The number of rotatable bonds is 6. The van der Waals surface area contributed by atoms with E-state index in [1.165, 1.54) is 24.3 Å². The van der Waals surface area contributed by atoms with Crippen molar-refractivity contribution in [2.45, 2.75) is 9.79 Å². The molecule has 0 aliphatic rings. The molecule has 0 unspecified atom stereocenters. The molecule has 0 atom stereocenters. The number of halogens is 2. The van der Waals surface area contributed by atoms with Crippen molar-refractivity contribution in [2.75, 3.05) is 6.66 Å². The summed E-state index contributed by atoms with van der Waals surface area (Å²) in [6, 6.07) is 9.59. The molecule has 25 heavy (non-hydrogen) atoms. The summed E-state index contributed by atoms with van der Waals surface area (Å²) in [6.45, 7) is 0.730. The van der Waals surface area contributed by atoms with Gasteiger partial charge < -0.3 is 0 Å². The predicted octanol–water partition coefficient (Wildman–Crippen LogP) is 3.93. The minimum Gasteiger partial charge on any atom is -0.258 e. The molecule has 0 aliphatic carbocycles. The van der Waals surface area contributed by atoms with Crippen LogP contribution in [0.3, 0.4) is 0 Å². The highest BCUT2D eigenvalue weighted by Gasteiger charge is 2.34. The lowest BCUT2D eigenvalue weighted by Gasteiger charge is -2.14. The highest BCUT2D eigenvalue weighted by Crippen LogP contribution is 2.49. The summed E-state index contributed by atoms with van der Waals surface area (Å²) in [5.41, 5.74) is 0. The van der Waals surface area contributed by atoms with Crippen molar-refractivity contribution < 1.29 is 29.3 Å². The Bertz CT molecular complexity index is 936. The Morgan fingerprint density at radius 1 is 0.720 bits per heavy atom. The van der Waals surface area contributed by atoms with Gasteiger partial charge in [-0.3, -0.25) is 4.57 Å². The second-order valence-electron chi connectivity index (χ2n) is 4.74. The molecule has 0 amide bonds. The Hall–Kier alpha value is -0.930. The molecule has 0 N–H and O–H groups in total. The molecule has 0 aromatic heterocycles. The average Bonchev–Trinajstić information content (AvgIpc) is 2.45. The Morgan fingerprint density at radius 3 is 1.28 bits per heavy atom. The quantitative estimate of drug-likeness (QED) is 0.621. The topological polar surface area (TPSA) is 104 Å². The van der Waals surface area contributed by atoms with Crippen LogP contribution in [0.1, 0.15) is 0 Å². The molecule has 136 valence electrons. The largest absolute Gasteiger partial charge is 0.357 e. The molecule has 0 radical (unpaired) electrons. The third-order valence-corrected chi connectivity index (χ3v) is 8.61. The third-order valence-electron chi connectivity index (χ3n) is 2.67. The summed E-state index contributed by atoms with van der Waals surface area (Å²) < 4.78 is 69.6. The SMILES string of the molecule is CP(=O)(OS(=O)(=O)c1ccc(Cl)cc1)OS(=O)(=O)c1ccc(Cl)cc1. The number of benzene rings is 2. The van der Waals surface area contributed by atoms with Crippen LogP contribution in [0.25, 0.3) is 0 Å². The molecular weight excluding hydrogens is 434 g/mol. The van der Waals surface area contributed by atoms with E-state index in [1.54, 1.807) is 0 Å². The molecule has 0 saturated carbocycles. The van der Waals surface area contributed by atoms with Gasteiger partial charge in [0.25, 0.3) is 0 Å². The van der Waals surface area contributed by atoms with E-state index in [0.717, 1.165) is 30.9 Å². The van der Waals surface area contributed by atoms with Gasteiger partial charge in [0, 0.05) is 16.7 Å². The summed E-state index contributed by atoms with van der Waals surface area (Å²) in [5.74, 6) is 0. The standard InChI is InChI=1S/C13H11Cl2O7PS2/c1-23(16,21-24(17,18)12-6-2-10(14)3-7-12)22-25(19,20)13-8-4-11(15)5-9-13/h2-9H,1H3. The summed E-state index contributed by atoms with van der Waals surface area (Å²) in [7, 11) is -13.6. The number of hydrogen-bond donors (Lipinski definition) is 0. The van der Waals surface area contributed by atoms with Crippen LogP contribution in [-0.4, -0.2) is 23.5 Å². The van der Waals surface area contributed by atoms with E-state index >= 15 is 0 Å². The van der Waals surface area contributed by atoms with E-state index in [4.69, 9.17) is 23.2 Å². The molecule has 0 bridgehead atoms. The zero-order valence-electron chi connectivity index (χ0n) is 12.5. The number of hydrogen-bond acceptors (Lipinski definition) is 7.